The Morgan fingerprint density at radius 1 is 0.420 bits per heavy atom. The zero-order chi connectivity index (χ0) is 58.6. The fourth-order valence-electron chi connectivity index (χ4n) is 9.76. The number of esters is 1. The molecule has 0 aromatic rings. The molecule has 2 aliphatic heterocycles. The summed E-state index contributed by atoms with van der Waals surface area (Å²) >= 11 is 0. The molecule has 2 saturated heterocycles. The van der Waals surface area contributed by atoms with Crippen molar-refractivity contribution in [3.8, 4) is 0 Å². The fraction of sp³-hybridized carbons (Fsp3) is 0.776. The SMILES string of the molecule is CC/C=C\C/C=C\C/C=C\C/C=C\C/C=C\CCCCCCCCCC(=O)OC(COCCCCCCCCCCCCCC/C=C\C/C=C\CCCCCCC)COC1OC(COC2OC(CO)C(O)C(O)C2O)C(O)C(O)C1O. The Kier molecular flexibility index (Phi) is 48.3. The Labute approximate surface area is 490 Å². The standard InChI is InChI=1S/C67H116O14/c1-3-5-7-9-11-13-15-17-19-21-23-25-27-29-31-33-35-37-39-41-43-45-47-49-51-76-53-56(54-77-66-65(75)63(73)61(71)58(81-66)55-78-67-64(74)62(72)60(70)57(52-68)80-67)79-59(69)50-48-46-44-42-40-38-36-34-32-30-28-26-24-22-20-18-16-14-12-10-8-6-4-2/h6,8,12,14-15,17-18,20-21,23-24,26,30,32,56-58,60-68,70-75H,3-5,7,9-11,13,16,19,22,25,27-29,31,33-55H2,1-2H3/b8-6-,14-12-,17-15-,20-18-,23-21-,26-24-,32-30-. The zero-order valence-electron chi connectivity index (χ0n) is 50.5. The van der Waals surface area contributed by atoms with Gasteiger partial charge in [-0.2, -0.15) is 0 Å². The highest BCUT2D eigenvalue weighted by Gasteiger charge is 2.47. The molecule has 0 saturated carbocycles. The molecule has 0 radical (unpaired) electrons. The summed E-state index contributed by atoms with van der Waals surface area (Å²) in [5.74, 6) is -0.388. The van der Waals surface area contributed by atoms with E-state index in [2.05, 4.69) is 98.9 Å². The molecular weight excluding hydrogens is 1030 g/mol. The first-order valence-electron chi connectivity index (χ1n) is 32.2. The summed E-state index contributed by atoms with van der Waals surface area (Å²) in [6, 6.07) is 0. The van der Waals surface area contributed by atoms with E-state index in [1.165, 1.54) is 116 Å². The zero-order valence-corrected chi connectivity index (χ0v) is 50.5. The number of hydrogen-bond donors (Lipinski definition) is 7. The van der Waals surface area contributed by atoms with Gasteiger partial charge in [0.1, 0.15) is 54.9 Å². The monoisotopic (exact) mass is 1140 g/mol. The summed E-state index contributed by atoms with van der Waals surface area (Å²) in [6.07, 6.45) is 53.5. The van der Waals surface area contributed by atoms with Crippen molar-refractivity contribution in [2.75, 3.05) is 33.0 Å². The lowest BCUT2D eigenvalue weighted by Crippen LogP contribution is -2.61. The van der Waals surface area contributed by atoms with Gasteiger partial charge in [0.25, 0.3) is 0 Å². The van der Waals surface area contributed by atoms with E-state index in [-0.39, 0.29) is 25.6 Å². The van der Waals surface area contributed by atoms with Crippen LogP contribution in [0.1, 0.15) is 232 Å². The molecule has 468 valence electrons. The molecule has 0 aliphatic carbocycles. The lowest BCUT2D eigenvalue weighted by molar-refractivity contribution is -0.332. The van der Waals surface area contributed by atoms with Gasteiger partial charge in [0.05, 0.1) is 26.4 Å². The minimum absolute atomic E-state index is 0.0522. The lowest BCUT2D eigenvalue weighted by atomic mass is 9.98. The molecule has 2 aliphatic rings. The van der Waals surface area contributed by atoms with Crippen LogP contribution < -0.4 is 0 Å². The van der Waals surface area contributed by atoms with Crippen LogP contribution in [-0.4, -0.2) is 142 Å². The molecule has 7 N–H and O–H groups in total. The predicted octanol–water partition coefficient (Wildman–Crippen LogP) is 12.8. The first-order chi connectivity index (χ1) is 39.6. The maximum atomic E-state index is 13.1. The van der Waals surface area contributed by atoms with Gasteiger partial charge >= 0.3 is 5.97 Å². The average Bonchev–Trinajstić information content (AvgIpc) is 3.46. The summed E-state index contributed by atoms with van der Waals surface area (Å²) in [7, 11) is 0. The third kappa shape index (κ3) is 38.7. The highest BCUT2D eigenvalue weighted by Crippen LogP contribution is 2.27. The first kappa shape index (κ1) is 74.3. The van der Waals surface area contributed by atoms with Crippen LogP contribution in [0.25, 0.3) is 0 Å². The number of unbranched alkanes of at least 4 members (excludes halogenated alkanes) is 24. The molecule has 0 spiro atoms. The Morgan fingerprint density at radius 2 is 0.802 bits per heavy atom. The third-order valence-corrected chi connectivity index (χ3v) is 14.9. The summed E-state index contributed by atoms with van der Waals surface area (Å²) in [5, 5.41) is 72.5. The van der Waals surface area contributed by atoms with Crippen molar-refractivity contribution in [3.05, 3.63) is 85.1 Å². The van der Waals surface area contributed by atoms with E-state index in [1.807, 2.05) is 0 Å². The van der Waals surface area contributed by atoms with E-state index >= 15 is 0 Å². The van der Waals surface area contributed by atoms with E-state index in [1.54, 1.807) is 0 Å². The Hall–Kier alpha value is -2.83. The minimum atomic E-state index is -1.71. The highest BCUT2D eigenvalue weighted by atomic mass is 16.7. The van der Waals surface area contributed by atoms with E-state index < -0.39 is 80.7 Å². The number of hydrogen-bond acceptors (Lipinski definition) is 14. The number of ether oxygens (including phenoxy) is 6. The lowest BCUT2D eigenvalue weighted by Gasteiger charge is -2.42. The molecule has 2 rings (SSSR count). The second-order valence-corrected chi connectivity index (χ2v) is 22.2. The van der Waals surface area contributed by atoms with E-state index in [9.17, 15) is 40.5 Å². The Morgan fingerprint density at radius 3 is 1.26 bits per heavy atom. The average molecular weight is 1150 g/mol. The van der Waals surface area contributed by atoms with Crippen LogP contribution >= 0.6 is 0 Å². The van der Waals surface area contributed by atoms with E-state index in [0.29, 0.717) is 13.0 Å². The van der Waals surface area contributed by atoms with Gasteiger partial charge in [-0.05, 0) is 89.9 Å². The molecule has 14 heteroatoms. The summed E-state index contributed by atoms with van der Waals surface area (Å²) < 4.78 is 34.5. The molecule has 0 amide bonds. The van der Waals surface area contributed by atoms with Crippen LogP contribution in [0.2, 0.25) is 0 Å². The summed E-state index contributed by atoms with van der Waals surface area (Å²) in [5.41, 5.74) is 0. The number of rotatable bonds is 52. The predicted molar refractivity (Wildman–Crippen MR) is 325 cm³/mol. The Balaban J connectivity index is 1.68. The first-order valence-corrected chi connectivity index (χ1v) is 32.2. The molecule has 2 fully saturated rings. The van der Waals surface area contributed by atoms with Crippen LogP contribution in [0, 0.1) is 0 Å². The van der Waals surface area contributed by atoms with Gasteiger partial charge in [-0.15, -0.1) is 0 Å². The Bertz CT molecular complexity index is 1660. The van der Waals surface area contributed by atoms with Crippen LogP contribution in [0.5, 0.6) is 0 Å². The smallest absolute Gasteiger partial charge is 0.306 e. The number of carbonyl (C=O) groups is 1. The quantitative estimate of drug-likeness (QED) is 0.0172. The van der Waals surface area contributed by atoms with Crippen LogP contribution in [0.3, 0.4) is 0 Å². The molecule has 0 bridgehead atoms. The molecule has 0 aromatic carbocycles. The van der Waals surface area contributed by atoms with Gasteiger partial charge in [-0.25, -0.2) is 0 Å². The second-order valence-electron chi connectivity index (χ2n) is 22.2. The number of aliphatic hydroxyl groups excluding tert-OH is 7. The second kappa shape index (κ2) is 52.7. The summed E-state index contributed by atoms with van der Waals surface area (Å²) in [6.45, 7) is 3.56. The van der Waals surface area contributed by atoms with Crippen molar-refractivity contribution in [2.45, 2.75) is 300 Å². The summed E-state index contributed by atoms with van der Waals surface area (Å²) in [4.78, 5) is 13.1. The van der Waals surface area contributed by atoms with Gasteiger partial charge < -0.3 is 64.2 Å². The van der Waals surface area contributed by atoms with Gasteiger partial charge in [0.2, 0.25) is 0 Å². The van der Waals surface area contributed by atoms with Crippen molar-refractivity contribution in [1.82, 2.24) is 0 Å². The van der Waals surface area contributed by atoms with Crippen molar-refractivity contribution < 1.29 is 69.0 Å². The van der Waals surface area contributed by atoms with Gasteiger partial charge in [-0.3, -0.25) is 4.79 Å². The molecule has 14 nitrogen and oxygen atoms in total. The minimum Gasteiger partial charge on any atom is -0.457 e. The van der Waals surface area contributed by atoms with Crippen molar-refractivity contribution >= 4 is 5.97 Å². The molecule has 2 heterocycles. The van der Waals surface area contributed by atoms with Crippen molar-refractivity contribution in [2.24, 2.45) is 0 Å². The topological polar surface area (TPSA) is 214 Å². The number of allylic oxidation sites excluding steroid dienone is 14. The molecular formula is C67H116O14. The maximum absolute atomic E-state index is 13.1. The van der Waals surface area contributed by atoms with Crippen LogP contribution in [0.4, 0.5) is 0 Å². The normalized spacial score (nSPS) is 24.3. The maximum Gasteiger partial charge on any atom is 0.306 e. The molecule has 81 heavy (non-hydrogen) atoms. The van der Waals surface area contributed by atoms with Gasteiger partial charge in [0, 0.05) is 13.0 Å². The van der Waals surface area contributed by atoms with Crippen molar-refractivity contribution in [1.29, 1.82) is 0 Å². The van der Waals surface area contributed by atoms with Crippen molar-refractivity contribution in [3.63, 3.8) is 0 Å². The fourth-order valence-corrected chi connectivity index (χ4v) is 9.76. The molecule has 11 unspecified atom stereocenters. The largest absolute Gasteiger partial charge is 0.457 e. The number of aliphatic hydroxyl groups is 7. The molecule has 11 atom stereocenters. The molecule has 0 aromatic heterocycles. The van der Waals surface area contributed by atoms with E-state index in [4.69, 9.17) is 28.4 Å². The number of carbonyl (C=O) groups excluding carboxylic acids is 1. The van der Waals surface area contributed by atoms with E-state index in [0.717, 1.165) is 89.9 Å². The van der Waals surface area contributed by atoms with Gasteiger partial charge in [-0.1, -0.05) is 221 Å². The van der Waals surface area contributed by atoms with Crippen LogP contribution in [-0.2, 0) is 33.2 Å². The third-order valence-electron chi connectivity index (χ3n) is 14.9. The van der Waals surface area contributed by atoms with Crippen LogP contribution in [0.15, 0.2) is 85.1 Å². The van der Waals surface area contributed by atoms with Gasteiger partial charge in [0.15, 0.2) is 12.6 Å². The highest BCUT2D eigenvalue weighted by molar-refractivity contribution is 5.69.